The second kappa shape index (κ2) is 12.8. The fourth-order valence-electron chi connectivity index (χ4n) is 4.96. The van der Waals surface area contributed by atoms with Crippen LogP contribution in [0, 0.1) is 27.7 Å². The third-order valence-electron chi connectivity index (χ3n) is 7.02. The van der Waals surface area contributed by atoms with Crippen LogP contribution in [0.3, 0.4) is 0 Å². The lowest BCUT2D eigenvalue weighted by Crippen LogP contribution is -2.40. The van der Waals surface area contributed by atoms with E-state index < -0.39 is 26.0 Å². The Balaban J connectivity index is 1.49. The summed E-state index contributed by atoms with van der Waals surface area (Å²) in [6.45, 7) is 8.54. The van der Waals surface area contributed by atoms with Gasteiger partial charge in [-0.2, -0.15) is 8.61 Å². The molecule has 0 aromatic heterocycles. The van der Waals surface area contributed by atoms with Gasteiger partial charge in [0.2, 0.25) is 26.0 Å². The van der Waals surface area contributed by atoms with Crippen LogP contribution in [0.25, 0.3) is 0 Å². The molecule has 1 fully saturated rings. The zero-order chi connectivity index (χ0) is 29.8. The molecule has 0 unspecified atom stereocenters. The Bertz CT molecular complexity index is 1570. The zero-order valence-corrected chi connectivity index (χ0v) is 25.5. The molecular formula is C30H37N3O6S2. The lowest BCUT2D eigenvalue weighted by Gasteiger charge is -2.26. The molecule has 1 aliphatic rings. The first-order valence-electron chi connectivity index (χ1n) is 13.4. The number of carbonyl (C=O) groups excluding carboxylic acids is 1. The summed E-state index contributed by atoms with van der Waals surface area (Å²) in [6.07, 6.45) is 0. The minimum absolute atomic E-state index is 0.0386. The topological polar surface area (TPSA) is 113 Å². The highest BCUT2D eigenvalue weighted by molar-refractivity contribution is 7.89. The van der Waals surface area contributed by atoms with E-state index in [-0.39, 0.29) is 29.4 Å². The van der Waals surface area contributed by atoms with Gasteiger partial charge < -0.3 is 10.1 Å². The van der Waals surface area contributed by atoms with Crippen molar-refractivity contribution in [1.29, 1.82) is 0 Å². The van der Waals surface area contributed by atoms with Gasteiger partial charge in [0.05, 0.1) is 29.5 Å². The zero-order valence-electron chi connectivity index (χ0n) is 23.9. The van der Waals surface area contributed by atoms with Gasteiger partial charge in [0.1, 0.15) is 0 Å². The molecule has 0 spiro atoms. The summed E-state index contributed by atoms with van der Waals surface area (Å²) in [4.78, 5) is 13.5. The number of sulfonamides is 2. The number of carbonyl (C=O) groups is 1. The third kappa shape index (κ3) is 7.41. The van der Waals surface area contributed by atoms with Gasteiger partial charge in [0.25, 0.3) is 0 Å². The third-order valence-corrected chi connectivity index (χ3v) is 11.0. The second-order valence-electron chi connectivity index (χ2n) is 10.4. The van der Waals surface area contributed by atoms with Crippen molar-refractivity contribution in [3.8, 4) is 0 Å². The molecule has 1 aliphatic heterocycles. The van der Waals surface area contributed by atoms with Crippen molar-refractivity contribution in [2.75, 3.05) is 32.8 Å². The van der Waals surface area contributed by atoms with Gasteiger partial charge in [-0.15, -0.1) is 0 Å². The fraction of sp³-hybridized carbons (Fsp3) is 0.367. The quantitative estimate of drug-likeness (QED) is 0.382. The van der Waals surface area contributed by atoms with Gasteiger partial charge in [-0.3, -0.25) is 4.79 Å². The first-order valence-corrected chi connectivity index (χ1v) is 16.3. The van der Waals surface area contributed by atoms with E-state index in [1.165, 1.54) is 20.7 Å². The van der Waals surface area contributed by atoms with Gasteiger partial charge in [-0.25, -0.2) is 16.8 Å². The van der Waals surface area contributed by atoms with E-state index in [1.807, 2.05) is 50.2 Å². The molecule has 9 nitrogen and oxygen atoms in total. The maximum Gasteiger partial charge on any atom is 0.244 e. The molecule has 1 saturated heterocycles. The summed E-state index contributed by atoms with van der Waals surface area (Å²) in [5.74, 6) is -0.465. The van der Waals surface area contributed by atoms with E-state index in [4.69, 9.17) is 4.74 Å². The van der Waals surface area contributed by atoms with Gasteiger partial charge in [0.15, 0.2) is 0 Å². The molecule has 0 radical (unpaired) electrons. The summed E-state index contributed by atoms with van der Waals surface area (Å²) >= 11 is 0. The first-order chi connectivity index (χ1) is 19.4. The number of morpholine rings is 1. The van der Waals surface area contributed by atoms with E-state index >= 15 is 0 Å². The Morgan fingerprint density at radius 1 is 0.829 bits per heavy atom. The second-order valence-corrected chi connectivity index (χ2v) is 14.2. The molecule has 0 atom stereocenters. The van der Waals surface area contributed by atoms with E-state index in [2.05, 4.69) is 5.32 Å². The molecule has 0 saturated carbocycles. The standard InChI is InChI=1S/C30H37N3O6S2/c1-22-5-7-27(8-6-22)20-33(41(37,38)30-24(3)17-23(2)18-25(30)4)21-29(34)31-19-26-9-11-28(12-10-26)40(35,36)32-13-15-39-16-14-32/h5-12,17-18H,13-16,19-21H2,1-4H3,(H,31,34). The van der Waals surface area contributed by atoms with Crippen LogP contribution in [0.2, 0.25) is 0 Å². The first kappa shape index (κ1) is 30.9. The number of rotatable bonds is 10. The molecule has 3 aromatic carbocycles. The molecule has 1 heterocycles. The van der Waals surface area contributed by atoms with E-state index in [0.717, 1.165) is 16.7 Å². The number of benzene rings is 3. The summed E-state index contributed by atoms with van der Waals surface area (Å²) < 4.78 is 61.4. The van der Waals surface area contributed by atoms with Gasteiger partial charge in [-0.1, -0.05) is 59.7 Å². The molecule has 0 bridgehead atoms. The molecule has 3 aromatic rings. The maximum absolute atomic E-state index is 13.9. The number of hydrogen-bond donors (Lipinski definition) is 1. The molecule has 0 aliphatic carbocycles. The Kier molecular flexibility index (Phi) is 9.66. The smallest absolute Gasteiger partial charge is 0.244 e. The van der Waals surface area contributed by atoms with Crippen molar-refractivity contribution in [2.45, 2.75) is 50.6 Å². The Hall–Kier alpha value is -3.09. The minimum Gasteiger partial charge on any atom is -0.379 e. The number of nitrogens with zero attached hydrogens (tertiary/aromatic N) is 2. The number of ether oxygens (including phenoxy) is 1. The largest absolute Gasteiger partial charge is 0.379 e. The molecule has 11 heteroatoms. The fourth-order valence-corrected chi connectivity index (χ4v) is 8.16. The van der Waals surface area contributed by atoms with Crippen LogP contribution < -0.4 is 5.32 Å². The van der Waals surface area contributed by atoms with Crippen LogP contribution in [0.15, 0.2) is 70.5 Å². The highest BCUT2D eigenvalue weighted by Crippen LogP contribution is 2.26. The van der Waals surface area contributed by atoms with Crippen molar-refractivity contribution in [2.24, 2.45) is 0 Å². The Morgan fingerprint density at radius 3 is 1.98 bits per heavy atom. The summed E-state index contributed by atoms with van der Waals surface area (Å²) in [5, 5.41) is 2.79. The van der Waals surface area contributed by atoms with Crippen molar-refractivity contribution >= 4 is 26.0 Å². The maximum atomic E-state index is 13.9. The summed E-state index contributed by atoms with van der Waals surface area (Å²) in [7, 11) is -7.62. The average molecular weight is 600 g/mol. The van der Waals surface area contributed by atoms with Crippen LogP contribution in [0.1, 0.15) is 33.4 Å². The van der Waals surface area contributed by atoms with Gasteiger partial charge >= 0.3 is 0 Å². The normalized spacial score (nSPS) is 14.8. The molecule has 1 N–H and O–H groups in total. The van der Waals surface area contributed by atoms with E-state index in [9.17, 15) is 21.6 Å². The van der Waals surface area contributed by atoms with Gasteiger partial charge in [-0.05, 0) is 62.1 Å². The Labute approximate surface area is 243 Å². The molecular weight excluding hydrogens is 562 g/mol. The lowest BCUT2D eigenvalue weighted by atomic mass is 10.1. The van der Waals surface area contributed by atoms with Gasteiger partial charge in [0, 0.05) is 26.2 Å². The number of nitrogens with one attached hydrogen (secondary N) is 1. The minimum atomic E-state index is -4.01. The van der Waals surface area contributed by atoms with Crippen molar-refractivity contribution in [1.82, 2.24) is 13.9 Å². The molecule has 4 rings (SSSR count). The molecule has 41 heavy (non-hydrogen) atoms. The predicted octanol–water partition coefficient (Wildman–Crippen LogP) is 3.45. The lowest BCUT2D eigenvalue weighted by molar-refractivity contribution is -0.121. The molecule has 1 amide bonds. The number of aryl methyl sites for hydroxylation is 4. The van der Waals surface area contributed by atoms with E-state index in [0.29, 0.717) is 43.0 Å². The van der Waals surface area contributed by atoms with Crippen LogP contribution >= 0.6 is 0 Å². The monoisotopic (exact) mass is 599 g/mol. The van der Waals surface area contributed by atoms with Crippen molar-refractivity contribution < 1.29 is 26.4 Å². The Morgan fingerprint density at radius 2 is 1.39 bits per heavy atom. The van der Waals surface area contributed by atoms with Crippen LogP contribution in [-0.2, 0) is 42.7 Å². The van der Waals surface area contributed by atoms with Crippen molar-refractivity contribution in [3.63, 3.8) is 0 Å². The SMILES string of the molecule is Cc1ccc(CN(CC(=O)NCc2ccc(S(=O)(=O)N3CCOCC3)cc2)S(=O)(=O)c2c(C)cc(C)cc2C)cc1. The molecule has 220 valence electrons. The van der Waals surface area contributed by atoms with Crippen LogP contribution in [0.5, 0.6) is 0 Å². The summed E-state index contributed by atoms with van der Waals surface area (Å²) in [6, 6.07) is 17.5. The van der Waals surface area contributed by atoms with E-state index in [1.54, 1.807) is 26.0 Å². The number of amides is 1. The number of hydrogen-bond acceptors (Lipinski definition) is 6. The summed E-state index contributed by atoms with van der Waals surface area (Å²) in [5.41, 5.74) is 4.73. The predicted molar refractivity (Wildman–Crippen MR) is 157 cm³/mol. The highest BCUT2D eigenvalue weighted by atomic mass is 32.2. The highest BCUT2D eigenvalue weighted by Gasteiger charge is 2.30. The van der Waals surface area contributed by atoms with Crippen LogP contribution in [-0.4, -0.2) is 64.2 Å². The van der Waals surface area contributed by atoms with Crippen LogP contribution in [0.4, 0.5) is 0 Å². The van der Waals surface area contributed by atoms with Crippen molar-refractivity contribution in [3.05, 3.63) is 94.0 Å². The average Bonchev–Trinajstić information content (AvgIpc) is 2.92.